The Labute approximate surface area is 188 Å². The van der Waals surface area contributed by atoms with E-state index in [1.54, 1.807) is 32.2 Å². The highest BCUT2D eigenvalue weighted by Gasteiger charge is 2.09. The van der Waals surface area contributed by atoms with Gasteiger partial charge in [-0.2, -0.15) is 5.10 Å². The Kier molecular flexibility index (Phi) is 10.6. The monoisotopic (exact) mass is 442 g/mol. The van der Waals surface area contributed by atoms with Crippen LogP contribution in [0.2, 0.25) is 0 Å². The molecule has 0 atom stereocenters. The molecular formula is C24H30N2O6. The number of hydrazone groups is 1. The van der Waals surface area contributed by atoms with Crippen molar-refractivity contribution in [2.45, 2.75) is 33.1 Å². The summed E-state index contributed by atoms with van der Waals surface area (Å²) < 4.78 is 21.0. The molecule has 8 nitrogen and oxygen atoms in total. The summed E-state index contributed by atoms with van der Waals surface area (Å²) >= 11 is 0. The first-order valence-electron chi connectivity index (χ1n) is 10.6. The predicted octanol–water partition coefficient (Wildman–Crippen LogP) is 3.51. The van der Waals surface area contributed by atoms with E-state index in [0.29, 0.717) is 37.6 Å². The molecule has 2 aromatic carbocycles. The Hall–Kier alpha value is -3.55. The fraction of sp³-hybridized carbons (Fsp3) is 0.375. The summed E-state index contributed by atoms with van der Waals surface area (Å²) in [5, 5.41) is 4.01. The molecule has 0 heterocycles. The van der Waals surface area contributed by atoms with Crippen LogP contribution in [0.5, 0.6) is 17.2 Å². The van der Waals surface area contributed by atoms with Crippen LogP contribution in [-0.4, -0.2) is 45.0 Å². The molecule has 2 rings (SSSR count). The number of hydrogen-bond acceptors (Lipinski definition) is 7. The fourth-order valence-corrected chi connectivity index (χ4v) is 2.81. The Bertz CT molecular complexity index is 896. The van der Waals surface area contributed by atoms with E-state index in [1.165, 1.54) is 6.21 Å². The highest BCUT2D eigenvalue weighted by atomic mass is 16.6. The van der Waals surface area contributed by atoms with Gasteiger partial charge in [-0.3, -0.25) is 4.79 Å². The lowest BCUT2D eigenvalue weighted by Crippen LogP contribution is -2.17. The number of amides is 1. The molecule has 1 amide bonds. The molecule has 0 saturated heterocycles. The number of esters is 1. The van der Waals surface area contributed by atoms with Gasteiger partial charge in [0.2, 0.25) is 5.91 Å². The van der Waals surface area contributed by atoms with Gasteiger partial charge in [-0.15, -0.1) is 0 Å². The van der Waals surface area contributed by atoms with Gasteiger partial charge in [-0.1, -0.05) is 12.1 Å². The van der Waals surface area contributed by atoms with E-state index >= 15 is 0 Å². The highest BCUT2D eigenvalue weighted by molar-refractivity contribution is 5.83. The second kappa shape index (κ2) is 13.7. The van der Waals surface area contributed by atoms with Gasteiger partial charge in [0, 0.05) is 6.42 Å². The minimum atomic E-state index is -0.449. The Morgan fingerprint density at radius 2 is 1.78 bits per heavy atom. The molecule has 0 radical (unpaired) electrons. The maximum absolute atomic E-state index is 12.0. The van der Waals surface area contributed by atoms with E-state index in [9.17, 15) is 9.59 Å². The zero-order chi connectivity index (χ0) is 23.2. The van der Waals surface area contributed by atoms with Crippen LogP contribution in [0.4, 0.5) is 0 Å². The molecular weight excluding hydrogens is 412 g/mol. The van der Waals surface area contributed by atoms with Gasteiger partial charge in [0.15, 0.2) is 18.1 Å². The number of benzene rings is 2. The van der Waals surface area contributed by atoms with Crippen LogP contribution in [0.3, 0.4) is 0 Å². The number of carbonyl (C=O) groups is 2. The highest BCUT2D eigenvalue weighted by Crippen LogP contribution is 2.28. The van der Waals surface area contributed by atoms with Crippen LogP contribution in [0.1, 0.15) is 37.8 Å². The number of carbonyl (C=O) groups excluding carboxylic acids is 2. The third-order valence-corrected chi connectivity index (χ3v) is 4.35. The average molecular weight is 443 g/mol. The van der Waals surface area contributed by atoms with Crippen LogP contribution >= 0.6 is 0 Å². The Balaban J connectivity index is 1.82. The molecule has 0 fully saturated rings. The number of rotatable bonds is 13. The quantitative estimate of drug-likeness (QED) is 0.290. The molecule has 0 bridgehead atoms. The van der Waals surface area contributed by atoms with Gasteiger partial charge < -0.3 is 18.9 Å². The number of ether oxygens (including phenoxy) is 4. The average Bonchev–Trinajstić information content (AvgIpc) is 2.79. The summed E-state index contributed by atoms with van der Waals surface area (Å²) in [5.74, 6) is 1.11. The predicted molar refractivity (Wildman–Crippen MR) is 121 cm³/mol. The van der Waals surface area contributed by atoms with Crippen molar-refractivity contribution in [3.63, 3.8) is 0 Å². The van der Waals surface area contributed by atoms with Crippen molar-refractivity contribution >= 4 is 18.1 Å². The SMILES string of the molecule is CCOC(=O)COc1ccc(C=NNC(=O)CCCc2ccc(OC)cc2)cc1OCC. The van der Waals surface area contributed by atoms with Crippen molar-refractivity contribution < 1.29 is 28.5 Å². The van der Waals surface area contributed by atoms with Gasteiger partial charge in [0.05, 0.1) is 26.5 Å². The lowest BCUT2D eigenvalue weighted by molar-refractivity contribution is -0.145. The molecule has 0 aliphatic heterocycles. The fourth-order valence-electron chi connectivity index (χ4n) is 2.81. The van der Waals surface area contributed by atoms with Crippen LogP contribution in [0, 0.1) is 0 Å². The smallest absolute Gasteiger partial charge is 0.344 e. The summed E-state index contributed by atoms with van der Waals surface area (Å²) in [6.45, 7) is 4.11. The molecule has 8 heteroatoms. The van der Waals surface area contributed by atoms with E-state index in [0.717, 1.165) is 23.3 Å². The molecule has 0 spiro atoms. The molecule has 2 aromatic rings. The van der Waals surface area contributed by atoms with Gasteiger partial charge in [0.25, 0.3) is 0 Å². The molecule has 0 aliphatic carbocycles. The van der Waals surface area contributed by atoms with Crippen LogP contribution in [0.15, 0.2) is 47.6 Å². The second-order valence-electron chi connectivity index (χ2n) is 6.73. The lowest BCUT2D eigenvalue weighted by Gasteiger charge is -2.12. The van der Waals surface area contributed by atoms with Gasteiger partial charge in [-0.05, 0) is 68.1 Å². The number of nitrogens with zero attached hydrogens (tertiary/aromatic N) is 1. The van der Waals surface area contributed by atoms with Crippen molar-refractivity contribution in [1.29, 1.82) is 0 Å². The lowest BCUT2D eigenvalue weighted by atomic mass is 10.1. The summed E-state index contributed by atoms with van der Waals surface area (Å²) in [4.78, 5) is 23.5. The van der Waals surface area contributed by atoms with Gasteiger partial charge in [-0.25, -0.2) is 10.2 Å². The van der Waals surface area contributed by atoms with Crippen molar-refractivity contribution in [1.82, 2.24) is 5.43 Å². The Morgan fingerprint density at radius 3 is 2.47 bits per heavy atom. The maximum atomic E-state index is 12.0. The number of nitrogens with one attached hydrogen (secondary N) is 1. The third kappa shape index (κ3) is 8.67. The van der Waals surface area contributed by atoms with Gasteiger partial charge in [0.1, 0.15) is 5.75 Å². The third-order valence-electron chi connectivity index (χ3n) is 4.35. The summed E-state index contributed by atoms with van der Waals surface area (Å²) in [6, 6.07) is 13.0. The van der Waals surface area contributed by atoms with Crippen LogP contribution < -0.4 is 19.6 Å². The van der Waals surface area contributed by atoms with Crippen molar-refractivity contribution in [3.8, 4) is 17.2 Å². The zero-order valence-corrected chi connectivity index (χ0v) is 18.8. The molecule has 0 saturated carbocycles. The van der Waals surface area contributed by atoms with E-state index in [4.69, 9.17) is 18.9 Å². The topological polar surface area (TPSA) is 95.5 Å². The maximum Gasteiger partial charge on any atom is 0.344 e. The molecule has 32 heavy (non-hydrogen) atoms. The molecule has 0 unspecified atom stereocenters. The Morgan fingerprint density at radius 1 is 1.00 bits per heavy atom. The minimum Gasteiger partial charge on any atom is -0.497 e. The summed E-state index contributed by atoms with van der Waals surface area (Å²) in [7, 11) is 1.63. The molecule has 172 valence electrons. The zero-order valence-electron chi connectivity index (χ0n) is 18.8. The largest absolute Gasteiger partial charge is 0.497 e. The summed E-state index contributed by atoms with van der Waals surface area (Å²) in [6.07, 6.45) is 3.41. The molecule has 1 N–H and O–H groups in total. The minimum absolute atomic E-state index is 0.158. The van der Waals surface area contributed by atoms with E-state index in [1.807, 2.05) is 31.2 Å². The van der Waals surface area contributed by atoms with Crippen molar-refractivity contribution in [2.75, 3.05) is 26.9 Å². The first kappa shape index (κ1) is 24.7. The summed E-state index contributed by atoms with van der Waals surface area (Å²) in [5.41, 5.74) is 4.40. The first-order chi connectivity index (χ1) is 15.5. The van der Waals surface area contributed by atoms with Crippen LogP contribution in [-0.2, 0) is 20.7 Å². The number of methoxy groups -OCH3 is 1. The van der Waals surface area contributed by atoms with Crippen molar-refractivity contribution in [2.24, 2.45) is 5.10 Å². The number of hydrogen-bond donors (Lipinski definition) is 1. The second-order valence-corrected chi connectivity index (χ2v) is 6.73. The van der Waals surface area contributed by atoms with Crippen LogP contribution in [0.25, 0.3) is 0 Å². The molecule has 0 aromatic heterocycles. The first-order valence-corrected chi connectivity index (χ1v) is 10.6. The standard InChI is InChI=1S/C24H30N2O6/c1-4-30-22-15-19(11-14-21(22)32-17-24(28)31-5-2)16-25-26-23(27)8-6-7-18-9-12-20(29-3)13-10-18/h9-16H,4-8,17H2,1-3H3,(H,26,27). The van der Waals surface area contributed by atoms with Gasteiger partial charge >= 0.3 is 5.97 Å². The number of aryl methyl sites for hydroxylation is 1. The van der Waals surface area contributed by atoms with E-state index < -0.39 is 5.97 Å². The molecule has 0 aliphatic rings. The van der Waals surface area contributed by atoms with E-state index in [2.05, 4.69) is 10.5 Å². The normalized spacial score (nSPS) is 10.6. The van der Waals surface area contributed by atoms with E-state index in [-0.39, 0.29) is 12.5 Å². The van der Waals surface area contributed by atoms with Crippen molar-refractivity contribution in [3.05, 3.63) is 53.6 Å².